The number of imide groups is 1. The number of aliphatic hydroxyl groups excluding tert-OH is 1. The minimum atomic E-state index is -0.0784. The number of rotatable bonds is 5. The van der Waals surface area contributed by atoms with Crippen LogP contribution in [0.5, 0.6) is 0 Å². The number of quaternary nitrogens is 1. The molecule has 2 fully saturated rings. The van der Waals surface area contributed by atoms with Crippen LogP contribution in [-0.2, 0) is 9.59 Å². The monoisotopic (exact) mass is 251 g/mol. The molecule has 3 rings (SSSR count). The van der Waals surface area contributed by atoms with Crippen LogP contribution in [0.15, 0.2) is 12.2 Å². The van der Waals surface area contributed by atoms with Gasteiger partial charge < -0.3 is 10.4 Å². The molecular formula is C13H19N2O3+. The molecule has 98 valence electrons. The summed E-state index contributed by atoms with van der Waals surface area (Å²) in [5.41, 5.74) is 0. The third-order valence-corrected chi connectivity index (χ3v) is 4.45. The lowest BCUT2D eigenvalue weighted by Gasteiger charge is -2.15. The fourth-order valence-corrected chi connectivity index (χ4v) is 3.64. The molecule has 1 heterocycles. The van der Waals surface area contributed by atoms with Gasteiger partial charge in [-0.25, -0.2) is 0 Å². The molecule has 1 aliphatic heterocycles. The maximum Gasteiger partial charge on any atom is 0.233 e. The lowest BCUT2D eigenvalue weighted by atomic mass is 9.85. The molecular weight excluding hydrogens is 232 g/mol. The van der Waals surface area contributed by atoms with Crippen LogP contribution in [-0.4, -0.2) is 48.1 Å². The molecule has 5 nitrogen and oxygen atoms in total. The van der Waals surface area contributed by atoms with Gasteiger partial charge in [-0.15, -0.1) is 0 Å². The van der Waals surface area contributed by atoms with E-state index in [0.29, 0.717) is 31.5 Å². The first-order valence-electron chi connectivity index (χ1n) is 6.70. The lowest BCUT2D eigenvalue weighted by molar-refractivity contribution is -0.655. The first-order chi connectivity index (χ1) is 8.74. The van der Waals surface area contributed by atoms with Crippen molar-refractivity contribution in [1.29, 1.82) is 0 Å². The van der Waals surface area contributed by atoms with Crippen LogP contribution >= 0.6 is 0 Å². The summed E-state index contributed by atoms with van der Waals surface area (Å²) in [7, 11) is 0. The quantitative estimate of drug-likeness (QED) is 0.349. The van der Waals surface area contributed by atoms with Crippen LogP contribution in [0.2, 0.25) is 0 Å². The summed E-state index contributed by atoms with van der Waals surface area (Å²) in [4.78, 5) is 26.0. The van der Waals surface area contributed by atoms with Crippen LogP contribution in [0.4, 0.5) is 0 Å². The molecule has 4 atom stereocenters. The molecule has 0 aromatic rings. The number of hydrogen-bond acceptors (Lipinski definition) is 3. The maximum atomic E-state index is 12.3. The summed E-state index contributed by atoms with van der Waals surface area (Å²) in [6.45, 7) is 1.90. The minimum absolute atomic E-state index is 0.0271. The summed E-state index contributed by atoms with van der Waals surface area (Å²) >= 11 is 0. The number of carbonyl (C=O) groups excluding carboxylic acids is 2. The summed E-state index contributed by atoms with van der Waals surface area (Å²) < 4.78 is 0. The molecule has 2 amide bonds. The van der Waals surface area contributed by atoms with Gasteiger partial charge in [-0.2, -0.15) is 0 Å². The van der Waals surface area contributed by atoms with Crippen molar-refractivity contribution in [3.8, 4) is 0 Å². The largest absolute Gasteiger partial charge is 0.391 e. The van der Waals surface area contributed by atoms with Crippen LogP contribution in [0.1, 0.15) is 6.42 Å². The van der Waals surface area contributed by atoms with Crippen molar-refractivity contribution >= 4 is 11.8 Å². The highest BCUT2D eigenvalue weighted by Crippen LogP contribution is 2.52. The molecule has 18 heavy (non-hydrogen) atoms. The van der Waals surface area contributed by atoms with E-state index >= 15 is 0 Å². The number of likely N-dealkylation sites (tertiary alicyclic amines) is 1. The van der Waals surface area contributed by atoms with E-state index in [1.54, 1.807) is 0 Å². The van der Waals surface area contributed by atoms with E-state index in [0.717, 1.165) is 6.42 Å². The standard InChI is InChI=1S/C13H18N2O3/c16-6-4-14-3-5-15-12(17)10-8-1-2-9(7-8)11(10)13(15)18/h1-2,8-11,14,16H,3-7H2/p+1/t8-,9+,10-,11-/m1/s1. The Labute approximate surface area is 106 Å². The number of carbonyl (C=O) groups is 2. The van der Waals surface area contributed by atoms with E-state index in [-0.39, 0.29) is 30.3 Å². The summed E-state index contributed by atoms with van der Waals surface area (Å²) in [5.74, 6) is 0.486. The normalized spacial score (nSPS) is 36.8. The van der Waals surface area contributed by atoms with Gasteiger partial charge in [0, 0.05) is 0 Å². The van der Waals surface area contributed by atoms with Crippen LogP contribution in [0, 0.1) is 23.7 Å². The Kier molecular flexibility index (Phi) is 2.95. The van der Waals surface area contributed by atoms with Crippen molar-refractivity contribution in [2.75, 3.05) is 26.2 Å². The van der Waals surface area contributed by atoms with Crippen molar-refractivity contribution in [2.24, 2.45) is 23.7 Å². The zero-order valence-electron chi connectivity index (χ0n) is 10.3. The summed E-state index contributed by atoms with van der Waals surface area (Å²) in [5, 5.41) is 10.6. The molecule has 2 aliphatic carbocycles. The fourth-order valence-electron chi connectivity index (χ4n) is 3.64. The third-order valence-electron chi connectivity index (χ3n) is 4.45. The van der Waals surface area contributed by atoms with Gasteiger partial charge in [0.1, 0.15) is 0 Å². The zero-order valence-corrected chi connectivity index (χ0v) is 10.3. The Morgan fingerprint density at radius 2 is 1.78 bits per heavy atom. The number of aliphatic hydroxyl groups is 1. The van der Waals surface area contributed by atoms with Crippen molar-refractivity contribution in [2.45, 2.75) is 6.42 Å². The van der Waals surface area contributed by atoms with Crippen molar-refractivity contribution in [3.63, 3.8) is 0 Å². The van der Waals surface area contributed by atoms with Crippen molar-refractivity contribution in [1.82, 2.24) is 4.90 Å². The Hall–Kier alpha value is -1.20. The van der Waals surface area contributed by atoms with Crippen LogP contribution in [0.3, 0.4) is 0 Å². The second-order valence-corrected chi connectivity index (χ2v) is 5.42. The van der Waals surface area contributed by atoms with Crippen LogP contribution < -0.4 is 5.32 Å². The molecule has 0 unspecified atom stereocenters. The number of nitrogens with two attached hydrogens (primary N) is 1. The van der Waals surface area contributed by atoms with Gasteiger partial charge in [0.2, 0.25) is 11.8 Å². The maximum absolute atomic E-state index is 12.3. The highest BCUT2D eigenvalue weighted by molar-refractivity contribution is 6.06. The molecule has 3 aliphatic rings. The topological polar surface area (TPSA) is 74.2 Å². The van der Waals surface area contributed by atoms with E-state index in [9.17, 15) is 9.59 Å². The van der Waals surface area contributed by atoms with E-state index in [1.807, 2.05) is 5.32 Å². The molecule has 0 aromatic carbocycles. The summed E-state index contributed by atoms with van der Waals surface area (Å²) in [6.07, 6.45) is 5.20. The fraction of sp³-hybridized carbons (Fsp3) is 0.692. The van der Waals surface area contributed by atoms with Crippen LogP contribution in [0.25, 0.3) is 0 Å². The van der Waals surface area contributed by atoms with Gasteiger partial charge in [0.25, 0.3) is 0 Å². The molecule has 0 aromatic heterocycles. The molecule has 3 N–H and O–H groups in total. The minimum Gasteiger partial charge on any atom is -0.391 e. The SMILES string of the molecule is O=C1[C@H]2[C@H](C(=O)N1CC[NH2+]CCO)[C@H]1C=C[C@@H]2C1. The average Bonchev–Trinajstić information content (AvgIpc) is 3.02. The van der Waals surface area contributed by atoms with E-state index in [4.69, 9.17) is 5.11 Å². The highest BCUT2D eigenvalue weighted by atomic mass is 16.3. The van der Waals surface area contributed by atoms with Crippen molar-refractivity contribution in [3.05, 3.63) is 12.2 Å². The van der Waals surface area contributed by atoms with Gasteiger partial charge in [0.05, 0.1) is 38.1 Å². The number of nitrogens with zero attached hydrogens (tertiary/aromatic N) is 1. The van der Waals surface area contributed by atoms with Gasteiger partial charge in [-0.1, -0.05) is 12.2 Å². The van der Waals surface area contributed by atoms with Gasteiger partial charge in [-0.05, 0) is 18.3 Å². The first kappa shape index (κ1) is 11.9. The van der Waals surface area contributed by atoms with Gasteiger partial charge >= 0.3 is 0 Å². The lowest BCUT2D eigenvalue weighted by Crippen LogP contribution is -2.86. The Bertz CT molecular complexity index is 377. The van der Waals surface area contributed by atoms with E-state index < -0.39 is 0 Å². The third kappa shape index (κ3) is 1.61. The molecule has 0 spiro atoms. The molecule has 1 saturated carbocycles. The van der Waals surface area contributed by atoms with Crippen molar-refractivity contribution < 1.29 is 20.0 Å². The Balaban J connectivity index is 1.65. The zero-order chi connectivity index (χ0) is 12.7. The van der Waals surface area contributed by atoms with E-state index in [1.165, 1.54) is 4.90 Å². The number of fused-ring (bicyclic) bond motifs is 5. The molecule has 2 bridgehead atoms. The smallest absolute Gasteiger partial charge is 0.233 e. The second-order valence-electron chi connectivity index (χ2n) is 5.42. The first-order valence-corrected chi connectivity index (χ1v) is 6.70. The van der Waals surface area contributed by atoms with Gasteiger partial charge in [0.15, 0.2) is 0 Å². The second kappa shape index (κ2) is 4.48. The summed E-state index contributed by atoms with van der Waals surface area (Å²) in [6, 6.07) is 0. The molecule has 0 radical (unpaired) electrons. The number of amides is 2. The predicted molar refractivity (Wildman–Crippen MR) is 63.2 cm³/mol. The Morgan fingerprint density at radius 1 is 1.17 bits per heavy atom. The molecule has 5 heteroatoms. The predicted octanol–water partition coefficient (Wildman–Crippen LogP) is -1.65. The Morgan fingerprint density at radius 3 is 2.33 bits per heavy atom. The molecule has 1 saturated heterocycles. The number of hydrogen-bond donors (Lipinski definition) is 2. The van der Waals surface area contributed by atoms with E-state index in [2.05, 4.69) is 12.2 Å². The van der Waals surface area contributed by atoms with Gasteiger partial charge in [-0.3, -0.25) is 14.5 Å². The number of allylic oxidation sites excluding steroid dienone is 2. The average molecular weight is 251 g/mol. The highest BCUT2D eigenvalue weighted by Gasteiger charge is 2.59.